The standard InChI is InChI=1S/C80H156O17P2/c1-8-10-11-12-13-14-15-16-17-18-19-23-26-32-40-47-54-61-77(82)90-67-75(96-79(84)63-56-49-42-33-27-24-21-20-22-25-30-37-44-51-58-71(3)4)69-94-98(86,87)92-65-74(81)66-93-99(88,89)95-70-76(68-91-78(83)62-55-48-41-36-35-38-45-52-59-72(5)6)97-80(85)64-57-50-43-34-29-28-31-39-46-53-60-73(7)9-2/h71-76,81H,8-70H2,1-7H3,(H,86,87)(H,88,89)/t73?,74-,75-,76-/m1/s1. The van der Waals surface area contributed by atoms with Crippen LogP contribution in [-0.2, 0) is 65.4 Å². The van der Waals surface area contributed by atoms with E-state index in [1.165, 1.54) is 225 Å². The van der Waals surface area contributed by atoms with Crippen molar-refractivity contribution in [1.29, 1.82) is 0 Å². The number of ether oxygens (including phenoxy) is 4. The first-order valence-corrected chi connectivity index (χ1v) is 44.4. The second-order valence-corrected chi connectivity index (χ2v) is 32.9. The molecule has 0 aliphatic carbocycles. The molecule has 17 nitrogen and oxygen atoms in total. The molecule has 0 heterocycles. The normalized spacial score (nSPS) is 14.3. The highest BCUT2D eigenvalue weighted by Gasteiger charge is 2.30. The monoisotopic (exact) mass is 1450 g/mol. The van der Waals surface area contributed by atoms with Gasteiger partial charge in [-0.25, -0.2) is 9.13 Å². The maximum absolute atomic E-state index is 13.1. The average Bonchev–Trinajstić information content (AvgIpc) is 0.977. The van der Waals surface area contributed by atoms with E-state index in [1.807, 2.05) is 0 Å². The van der Waals surface area contributed by atoms with Gasteiger partial charge < -0.3 is 33.8 Å². The van der Waals surface area contributed by atoms with Crippen molar-refractivity contribution in [2.45, 2.75) is 433 Å². The Hall–Kier alpha value is -1.94. The third-order valence-electron chi connectivity index (χ3n) is 19.0. The Bertz CT molecular complexity index is 1920. The predicted molar refractivity (Wildman–Crippen MR) is 405 cm³/mol. The molecule has 3 N–H and O–H groups in total. The molecule has 0 saturated heterocycles. The van der Waals surface area contributed by atoms with Gasteiger partial charge >= 0.3 is 39.5 Å². The fraction of sp³-hybridized carbons (Fsp3) is 0.950. The van der Waals surface area contributed by atoms with E-state index < -0.39 is 97.5 Å². The SMILES string of the molecule is CCCCCCCCCCCCCCCCCCCC(=O)OC[C@H](COP(=O)(O)OC[C@@H](O)COP(=O)(O)OC[C@@H](COC(=O)CCCCCCCCCCC(C)C)OC(=O)CCCCCCCCCCCCC(C)CC)OC(=O)CCCCCCCCCCCCCCCCC(C)C. The summed E-state index contributed by atoms with van der Waals surface area (Å²) in [7, 11) is -9.92. The molecule has 0 amide bonds. The van der Waals surface area contributed by atoms with Crippen LogP contribution in [0.2, 0.25) is 0 Å². The van der Waals surface area contributed by atoms with Gasteiger partial charge in [0, 0.05) is 25.7 Å². The van der Waals surface area contributed by atoms with Gasteiger partial charge in [0.05, 0.1) is 26.4 Å². The molecule has 0 radical (unpaired) electrons. The molecule has 0 aromatic carbocycles. The third kappa shape index (κ3) is 72.8. The highest BCUT2D eigenvalue weighted by molar-refractivity contribution is 7.47. The Kier molecular flexibility index (Phi) is 69.0. The molecule has 3 unspecified atom stereocenters. The maximum Gasteiger partial charge on any atom is 0.472 e. The van der Waals surface area contributed by atoms with Crippen molar-refractivity contribution in [3.63, 3.8) is 0 Å². The van der Waals surface area contributed by atoms with Crippen molar-refractivity contribution in [1.82, 2.24) is 0 Å². The fourth-order valence-electron chi connectivity index (χ4n) is 12.3. The highest BCUT2D eigenvalue weighted by Crippen LogP contribution is 2.45. The molecule has 19 heteroatoms. The number of esters is 4. The van der Waals surface area contributed by atoms with Crippen LogP contribution in [0.3, 0.4) is 0 Å². The van der Waals surface area contributed by atoms with Crippen LogP contribution >= 0.6 is 15.6 Å². The van der Waals surface area contributed by atoms with Crippen LogP contribution in [0.15, 0.2) is 0 Å². The van der Waals surface area contributed by atoms with Gasteiger partial charge in [-0.2, -0.15) is 0 Å². The van der Waals surface area contributed by atoms with Gasteiger partial charge in [0.2, 0.25) is 0 Å². The minimum absolute atomic E-state index is 0.106. The van der Waals surface area contributed by atoms with E-state index in [4.69, 9.17) is 37.0 Å². The average molecular weight is 1450 g/mol. The van der Waals surface area contributed by atoms with Crippen LogP contribution in [-0.4, -0.2) is 96.7 Å². The summed E-state index contributed by atoms with van der Waals surface area (Å²) in [6.07, 6.45) is 58.2. The molecule has 0 rings (SSSR count). The largest absolute Gasteiger partial charge is 0.472 e. The molecule has 0 saturated carbocycles. The lowest BCUT2D eigenvalue weighted by Crippen LogP contribution is -2.30. The zero-order chi connectivity index (χ0) is 73.0. The Labute approximate surface area is 607 Å². The van der Waals surface area contributed by atoms with Crippen molar-refractivity contribution < 1.29 is 80.2 Å². The van der Waals surface area contributed by atoms with Crippen molar-refractivity contribution in [3.05, 3.63) is 0 Å². The number of aliphatic hydroxyl groups is 1. The van der Waals surface area contributed by atoms with Crippen LogP contribution in [0.25, 0.3) is 0 Å². The number of phosphoric ester groups is 2. The smallest absolute Gasteiger partial charge is 0.462 e. The van der Waals surface area contributed by atoms with Crippen LogP contribution in [0, 0.1) is 17.8 Å². The summed E-state index contributed by atoms with van der Waals surface area (Å²) in [6, 6.07) is 0. The molecule has 588 valence electrons. The number of phosphoric acid groups is 2. The Morgan fingerprint density at radius 2 is 0.515 bits per heavy atom. The fourth-order valence-corrected chi connectivity index (χ4v) is 13.9. The summed E-state index contributed by atoms with van der Waals surface area (Å²) in [4.78, 5) is 73.0. The van der Waals surface area contributed by atoms with E-state index in [2.05, 4.69) is 48.5 Å². The number of aliphatic hydroxyl groups excluding tert-OH is 1. The van der Waals surface area contributed by atoms with Crippen LogP contribution in [0.5, 0.6) is 0 Å². The molecule has 99 heavy (non-hydrogen) atoms. The van der Waals surface area contributed by atoms with Crippen LogP contribution < -0.4 is 0 Å². The van der Waals surface area contributed by atoms with Crippen LogP contribution in [0.4, 0.5) is 0 Å². The lowest BCUT2D eigenvalue weighted by Gasteiger charge is -2.21. The second-order valence-electron chi connectivity index (χ2n) is 30.0. The summed E-state index contributed by atoms with van der Waals surface area (Å²) in [5.74, 6) is 0.212. The molecular formula is C80H156O17P2. The topological polar surface area (TPSA) is 237 Å². The summed E-state index contributed by atoms with van der Waals surface area (Å²) in [6.45, 7) is 11.9. The van der Waals surface area contributed by atoms with E-state index in [-0.39, 0.29) is 25.7 Å². The minimum Gasteiger partial charge on any atom is -0.462 e. The van der Waals surface area contributed by atoms with E-state index >= 15 is 0 Å². The lowest BCUT2D eigenvalue weighted by atomic mass is 9.99. The van der Waals surface area contributed by atoms with Crippen molar-refractivity contribution in [2.75, 3.05) is 39.6 Å². The van der Waals surface area contributed by atoms with Gasteiger partial charge in [-0.15, -0.1) is 0 Å². The second kappa shape index (κ2) is 70.4. The van der Waals surface area contributed by atoms with Gasteiger partial charge in [0.15, 0.2) is 12.2 Å². The molecule has 0 aliphatic rings. The highest BCUT2D eigenvalue weighted by atomic mass is 31.2. The number of hydrogen-bond donors (Lipinski definition) is 3. The quantitative estimate of drug-likeness (QED) is 0.0222. The van der Waals surface area contributed by atoms with E-state index in [1.54, 1.807) is 0 Å². The first-order chi connectivity index (χ1) is 47.8. The Morgan fingerprint density at radius 3 is 0.768 bits per heavy atom. The van der Waals surface area contributed by atoms with Crippen molar-refractivity contribution in [2.24, 2.45) is 17.8 Å². The summed E-state index contributed by atoms with van der Waals surface area (Å²) in [5.41, 5.74) is 0. The number of unbranched alkanes of at least 4 members (excludes halogenated alkanes) is 45. The molecule has 0 bridgehead atoms. The van der Waals surface area contributed by atoms with Crippen molar-refractivity contribution >= 4 is 39.5 Å². The van der Waals surface area contributed by atoms with E-state index in [0.29, 0.717) is 25.7 Å². The molecule has 0 fully saturated rings. The van der Waals surface area contributed by atoms with E-state index in [9.17, 15) is 43.2 Å². The van der Waals surface area contributed by atoms with Gasteiger partial charge in [0.25, 0.3) is 0 Å². The first-order valence-electron chi connectivity index (χ1n) is 41.4. The number of rotatable bonds is 78. The Morgan fingerprint density at radius 1 is 0.293 bits per heavy atom. The number of hydrogen-bond acceptors (Lipinski definition) is 15. The van der Waals surface area contributed by atoms with Crippen LogP contribution in [0.1, 0.15) is 414 Å². The Balaban J connectivity index is 5.26. The molecule has 0 aromatic heterocycles. The summed E-state index contributed by atoms with van der Waals surface area (Å²) < 4.78 is 68.7. The summed E-state index contributed by atoms with van der Waals surface area (Å²) >= 11 is 0. The molecular weight excluding hydrogens is 1290 g/mol. The summed E-state index contributed by atoms with van der Waals surface area (Å²) in [5, 5.41) is 10.6. The number of carbonyl (C=O) groups excluding carboxylic acids is 4. The van der Waals surface area contributed by atoms with Gasteiger partial charge in [-0.3, -0.25) is 37.3 Å². The third-order valence-corrected chi connectivity index (χ3v) is 20.9. The number of carbonyl (C=O) groups is 4. The zero-order valence-corrected chi connectivity index (χ0v) is 66.8. The van der Waals surface area contributed by atoms with Gasteiger partial charge in [-0.1, -0.05) is 363 Å². The van der Waals surface area contributed by atoms with Gasteiger partial charge in [-0.05, 0) is 43.4 Å². The maximum atomic E-state index is 13.1. The zero-order valence-electron chi connectivity index (χ0n) is 65.0. The minimum atomic E-state index is -4.96. The van der Waals surface area contributed by atoms with E-state index in [0.717, 1.165) is 108 Å². The predicted octanol–water partition coefficient (Wildman–Crippen LogP) is 23.7. The molecule has 0 aliphatic heterocycles. The van der Waals surface area contributed by atoms with Gasteiger partial charge in [0.1, 0.15) is 19.3 Å². The molecule has 0 spiro atoms. The van der Waals surface area contributed by atoms with Crippen molar-refractivity contribution in [3.8, 4) is 0 Å². The first kappa shape index (κ1) is 97.1. The molecule has 6 atom stereocenters. The molecule has 0 aromatic rings. The lowest BCUT2D eigenvalue weighted by molar-refractivity contribution is -0.161.